The molecule has 0 N–H and O–H groups in total. The summed E-state index contributed by atoms with van der Waals surface area (Å²) in [5.74, 6) is 1.11. The summed E-state index contributed by atoms with van der Waals surface area (Å²) in [6.07, 6.45) is 13.5. The Bertz CT molecular complexity index is 384. The molecule has 0 saturated carbocycles. The zero-order valence-corrected chi connectivity index (χ0v) is 20.8. The highest BCUT2D eigenvalue weighted by molar-refractivity contribution is 9.11. The highest BCUT2D eigenvalue weighted by Gasteiger charge is 2.22. The molecule has 24 heavy (non-hydrogen) atoms. The van der Waals surface area contributed by atoms with Crippen LogP contribution in [0.3, 0.4) is 0 Å². The van der Waals surface area contributed by atoms with E-state index in [-0.39, 0.29) is 5.38 Å². The second-order valence-electron chi connectivity index (χ2n) is 5.58. The Balaban J connectivity index is 4.39. The van der Waals surface area contributed by atoms with Crippen LogP contribution in [0.2, 0.25) is 0 Å². The van der Waals surface area contributed by atoms with E-state index in [9.17, 15) is 0 Å². The van der Waals surface area contributed by atoms with Gasteiger partial charge in [0.05, 0.1) is 5.38 Å². The predicted molar refractivity (Wildman–Crippen MR) is 124 cm³/mol. The lowest BCUT2D eigenvalue weighted by Crippen LogP contribution is -2.18. The summed E-state index contributed by atoms with van der Waals surface area (Å²) in [4.78, 5) is 2.49. The van der Waals surface area contributed by atoms with Crippen LogP contribution >= 0.6 is 82.6 Å². The van der Waals surface area contributed by atoms with Gasteiger partial charge in [-0.15, -0.1) is 23.2 Å². The van der Waals surface area contributed by atoms with Crippen LogP contribution in [0, 0.1) is 5.92 Å². The van der Waals surface area contributed by atoms with Crippen molar-refractivity contribution in [3.63, 3.8) is 0 Å². The van der Waals surface area contributed by atoms with Crippen molar-refractivity contribution in [1.82, 2.24) is 0 Å². The summed E-state index contributed by atoms with van der Waals surface area (Å²) in [7, 11) is 0. The monoisotopic (exact) mass is 584 g/mol. The van der Waals surface area contributed by atoms with E-state index in [1.54, 1.807) is 5.54 Å². The largest absolute Gasteiger partial charge is 0.126 e. The number of halogens is 6. The van der Waals surface area contributed by atoms with Gasteiger partial charge in [-0.05, 0) is 61.4 Å². The van der Waals surface area contributed by atoms with Gasteiger partial charge in [0, 0.05) is 21.6 Å². The molecule has 0 saturated heterocycles. The van der Waals surface area contributed by atoms with Crippen molar-refractivity contribution < 1.29 is 0 Å². The summed E-state index contributed by atoms with van der Waals surface area (Å²) in [6.45, 7) is 0. The topological polar surface area (TPSA) is 0 Å². The molecule has 0 aliphatic rings. The van der Waals surface area contributed by atoms with Gasteiger partial charge in [0.15, 0.2) is 0 Å². The van der Waals surface area contributed by atoms with Gasteiger partial charge < -0.3 is 0 Å². The van der Waals surface area contributed by atoms with Crippen molar-refractivity contribution in [3.8, 4) is 0 Å². The van der Waals surface area contributed by atoms with Gasteiger partial charge in [-0.3, -0.25) is 0 Å². The first-order valence-corrected chi connectivity index (χ1v) is 12.6. The first-order chi connectivity index (χ1) is 11.6. The molecule has 0 aromatic rings. The van der Waals surface area contributed by atoms with E-state index in [1.165, 1.54) is 5.57 Å². The molecule has 140 valence electrons. The van der Waals surface area contributed by atoms with Crippen molar-refractivity contribution in [2.45, 2.75) is 55.2 Å². The minimum absolute atomic E-state index is 0.0546. The first kappa shape index (κ1) is 25.5. The van der Waals surface area contributed by atoms with Crippen LogP contribution in [0.5, 0.6) is 0 Å². The van der Waals surface area contributed by atoms with Crippen molar-refractivity contribution in [3.05, 3.63) is 34.3 Å². The van der Waals surface area contributed by atoms with Gasteiger partial charge >= 0.3 is 0 Å². The lowest BCUT2D eigenvalue weighted by Gasteiger charge is -2.24. The van der Waals surface area contributed by atoms with Crippen LogP contribution in [0.1, 0.15) is 44.9 Å². The molecule has 0 bridgehead atoms. The maximum absolute atomic E-state index is 6.63. The average Bonchev–Trinajstić information content (AvgIpc) is 2.58. The molecule has 0 radical (unpaired) electrons. The molecule has 0 spiro atoms. The number of allylic oxidation sites excluding steroid dienone is 4. The molecule has 0 rings (SSSR count). The molecule has 0 amide bonds. The van der Waals surface area contributed by atoms with E-state index in [0.717, 1.165) is 50.3 Å². The molecule has 0 nitrogen and oxygen atoms in total. The van der Waals surface area contributed by atoms with Gasteiger partial charge in [-0.2, -0.15) is 0 Å². The lowest BCUT2D eigenvalue weighted by atomic mass is 9.91. The maximum atomic E-state index is 6.63. The Hall–Kier alpha value is 1.53. The minimum Gasteiger partial charge on any atom is -0.126 e. The van der Waals surface area contributed by atoms with Crippen molar-refractivity contribution >= 4 is 82.6 Å². The quantitative estimate of drug-likeness (QED) is 0.108. The number of rotatable bonds is 14. The molecular weight excluding hydrogens is 562 g/mol. The second-order valence-corrected chi connectivity index (χ2v) is 9.14. The van der Waals surface area contributed by atoms with Gasteiger partial charge in [0.25, 0.3) is 0 Å². The summed E-state index contributed by atoms with van der Waals surface area (Å²) < 4.78 is 0. The van der Waals surface area contributed by atoms with Crippen LogP contribution in [0.15, 0.2) is 34.3 Å². The van der Waals surface area contributed by atoms with Crippen molar-refractivity contribution in [2.75, 3.05) is 11.2 Å². The first-order valence-electron chi connectivity index (χ1n) is 8.21. The highest BCUT2D eigenvalue weighted by Crippen LogP contribution is 2.32. The average molecular weight is 588 g/mol. The van der Waals surface area contributed by atoms with E-state index < -0.39 is 0 Å². The molecule has 0 aromatic carbocycles. The standard InChI is InChI=1S/C18H26Br3Cl3/c19-13-15(12-16(21)8-4-1-2-6-10-22)17(14-20)18(24)9-5-3-7-11-23/h1-2,7,11,14-16,18H,3-6,8-10,12-13H2. The van der Waals surface area contributed by atoms with Crippen LogP contribution in [0.4, 0.5) is 0 Å². The molecule has 0 heterocycles. The summed E-state index contributed by atoms with van der Waals surface area (Å²) in [5, 5.41) is 0.971. The smallest absolute Gasteiger partial charge is 0.0556 e. The van der Waals surface area contributed by atoms with Crippen LogP contribution in [0.25, 0.3) is 0 Å². The van der Waals surface area contributed by atoms with E-state index >= 15 is 0 Å². The predicted octanol–water partition coefficient (Wildman–Crippen LogP) is 8.93. The molecule has 6 heteroatoms. The van der Waals surface area contributed by atoms with Crippen molar-refractivity contribution in [2.24, 2.45) is 5.92 Å². The van der Waals surface area contributed by atoms with Crippen LogP contribution < -0.4 is 0 Å². The molecule has 3 atom stereocenters. The summed E-state index contributed by atoms with van der Waals surface area (Å²) in [6, 6.07) is 0. The van der Waals surface area contributed by atoms with Gasteiger partial charge in [-0.25, -0.2) is 0 Å². The van der Waals surface area contributed by atoms with E-state index in [2.05, 4.69) is 59.9 Å². The van der Waals surface area contributed by atoms with Crippen molar-refractivity contribution in [1.29, 1.82) is 0 Å². The normalized spacial score (nSPS) is 16.8. The summed E-state index contributed by atoms with van der Waals surface area (Å²) >= 11 is 28.8. The van der Waals surface area contributed by atoms with E-state index in [1.807, 2.05) is 11.1 Å². The zero-order chi connectivity index (χ0) is 18.2. The van der Waals surface area contributed by atoms with Gasteiger partial charge in [0.2, 0.25) is 0 Å². The van der Waals surface area contributed by atoms with Gasteiger partial charge in [0.1, 0.15) is 0 Å². The molecule has 0 aliphatic heterocycles. The lowest BCUT2D eigenvalue weighted by molar-refractivity contribution is 0.563. The van der Waals surface area contributed by atoms with E-state index in [0.29, 0.717) is 16.6 Å². The fourth-order valence-electron chi connectivity index (χ4n) is 2.35. The fraction of sp³-hybridized carbons (Fsp3) is 0.667. The fourth-order valence-corrected chi connectivity index (χ4v) is 5.19. The van der Waals surface area contributed by atoms with Crippen LogP contribution in [-0.2, 0) is 0 Å². The molecule has 0 aromatic heterocycles. The SMILES string of the molecule is ClC=CCCCC(Cl)C(=CBr)C(CBr)CC(Br)CCC=CCCCl. The number of hydrogen-bond donors (Lipinski definition) is 0. The third-order valence-corrected chi connectivity index (χ3v) is 6.70. The maximum Gasteiger partial charge on any atom is 0.0556 e. The molecule has 0 fully saturated rings. The minimum atomic E-state index is 0.0546. The van der Waals surface area contributed by atoms with Gasteiger partial charge in [-0.1, -0.05) is 77.6 Å². The molecule has 0 aliphatic carbocycles. The third kappa shape index (κ3) is 12.8. The molecule has 3 unspecified atom stereocenters. The van der Waals surface area contributed by atoms with E-state index in [4.69, 9.17) is 34.8 Å². The Morgan fingerprint density at radius 1 is 1.04 bits per heavy atom. The number of alkyl halides is 4. The third-order valence-electron chi connectivity index (χ3n) is 3.69. The summed E-state index contributed by atoms with van der Waals surface area (Å²) in [5.41, 5.74) is 2.84. The Morgan fingerprint density at radius 3 is 2.33 bits per heavy atom. The Labute approximate surface area is 187 Å². The highest BCUT2D eigenvalue weighted by atomic mass is 79.9. The van der Waals surface area contributed by atoms with Crippen LogP contribution in [-0.4, -0.2) is 21.4 Å². The Kier molecular flexibility index (Phi) is 19.1. The number of hydrogen-bond acceptors (Lipinski definition) is 0. The molecular formula is C18H26Br3Cl3. The number of unbranched alkanes of at least 4 members (excludes halogenated alkanes) is 1. The zero-order valence-electron chi connectivity index (χ0n) is 13.8. The second kappa shape index (κ2) is 17.9. The Morgan fingerprint density at radius 2 is 1.75 bits per heavy atom.